The summed E-state index contributed by atoms with van der Waals surface area (Å²) in [5, 5.41) is 5.37. The average molecular weight is 436 g/mol. The van der Waals surface area contributed by atoms with Gasteiger partial charge >= 0.3 is 0 Å². The third-order valence-electron chi connectivity index (χ3n) is 5.25. The van der Waals surface area contributed by atoms with Crippen LogP contribution < -0.4 is 10.2 Å². The van der Waals surface area contributed by atoms with Crippen LogP contribution in [0, 0.1) is 0 Å². The topological polar surface area (TPSA) is 53.9 Å². The standard InChI is InChI=1S/C23H19Cl2N5/c24-19-7-5-16(12-20(19)25)27-23-18-13-17(30-10-1-2-11-30)6-8-21(18)28-22(29-23)15-4-3-9-26-14-15/h3-9,12-14H,1-2,10-11H2,(H,27,28,29). The van der Waals surface area contributed by atoms with E-state index in [1.165, 1.54) is 18.5 Å². The lowest BCUT2D eigenvalue weighted by Crippen LogP contribution is -2.17. The molecule has 1 N–H and O–H groups in total. The molecule has 3 heterocycles. The normalized spacial score (nSPS) is 13.7. The van der Waals surface area contributed by atoms with Gasteiger partial charge in [0.25, 0.3) is 0 Å². The van der Waals surface area contributed by atoms with E-state index in [0.717, 1.165) is 41.1 Å². The van der Waals surface area contributed by atoms with E-state index in [1.54, 1.807) is 24.5 Å². The van der Waals surface area contributed by atoms with Crippen LogP contribution in [0.25, 0.3) is 22.3 Å². The Morgan fingerprint density at radius 1 is 0.900 bits per heavy atom. The van der Waals surface area contributed by atoms with Crippen LogP contribution >= 0.6 is 23.2 Å². The van der Waals surface area contributed by atoms with E-state index in [2.05, 4.69) is 33.4 Å². The van der Waals surface area contributed by atoms with E-state index in [1.807, 2.05) is 18.2 Å². The van der Waals surface area contributed by atoms with Crippen molar-refractivity contribution in [3.63, 3.8) is 0 Å². The smallest absolute Gasteiger partial charge is 0.163 e. The molecule has 7 heteroatoms. The molecule has 2 aromatic carbocycles. The van der Waals surface area contributed by atoms with Crippen molar-refractivity contribution in [2.75, 3.05) is 23.3 Å². The van der Waals surface area contributed by atoms with Gasteiger partial charge in [-0.25, -0.2) is 9.97 Å². The second-order valence-corrected chi connectivity index (χ2v) is 8.10. The van der Waals surface area contributed by atoms with Crippen molar-refractivity contribution in [1.29, 1.82) is 0 Å². The van der Waals surface area contributed by atoms with E-state index < -0.39 is 0 Å². The quantitative estimate of drug-likeness (QED) is 0.405. The van der Waals surface area contributed by atoms with Gasteiger partial charge in [-0.2, -0.15) is 0 Å². The number of hydrogen-bond acceptors (Lipinski definition) is 5. The van der Waals surface area contributed by atoms with Crippen molar-refractivity contribution < 1.29 is 0 Å². The van der Waals surface area contributed by atoms with Crippen LogP contribution in [0.15, 0.2) is 60.9 Å². The number of aromatic nitrogens is 3. The lowest BCUT2D eigenvalue weighted by atomic mass is 10.1. The maximum Gasteiger partial charge on any atom is 0.163 e. The molecule has 5 nitrogen and oxygen atoms in total. The van der Waals surface area contributed by atoms with Crippen molar-refractivity contribution in [2.24, 2.45) is 0 Å². The monoisotopic (exact) mass is 435 g/mol. The molecular weight excluding hydrogens is 417 g/mol. The van der Waals surface area contributed by atoms with Crippen molar-refractivity contribution in [3.8, 4) is 11.4 Å². The van der Waals surface area contributed by atoms with Crippen LogP contribution in [0.2, 0.25) is 10.0 Å². The molecule has 4 aromatic rings. The van der Waals surface area contributed by atoms with Gasteiger partial charge in [0.15, 0.2) is 5.82 Å². The van der Waals surface area contributed by atoms with Crippen LogP contribution in [0.4, 0.5) is 17.2 Å². The summed E-state index contributed by atoms with van der Waals surface area (Å²) in [5.74, 6) is 1.34. The third-order valence-corrected chi connectivity index (χ3v) is 5.99. The number of rotatable bonds is 4. The number of pyridine rings is 1. The average Bonchev–Trinajstić information content (AvgIpc) is 3.31. The fraction of sp³-hybridized carbons (Fsp3) is 0.174. The Hall–Kier alpha value is -2.89. The highest BCUT2D eigenvalue weighted by Crippen LogP contribution is 2.33. The maximum absolute atomic E-state index is 6.22. The molecule has 0 spiro atoms. The van der Waals surface area contributed by atoms with Crippen molar-refractivity contribution in [3.05, 3.63) is 71.0 Å². The van der Waals surface area contributed by atoms with Gasteiger partial charge in [0.2, 0.25) is 0 Å². The molecule has 2 aromatic heterocycles. The summed E-state index contributed by atoms with van der Waals surface area (Å²) in [7, 11) is 0. The number of halogens is 2. The minimum Gasteiger partial charge on any atom is -0.372 e. The largest absolute Gasteiger partial charge is 0.372 e. The van der Waals surface area contributed by atoms with Crippen LogP contribution in [-0.4, -0.2) is 28.0 Å². The Kier molecular flexibility index (Phi) is 5.15. The number of anilines is 3. The SMILES string of the molecule is Clc1ccc(Nc2nc(-c3cccnc3)nc3ccc(N4CCCC4)cc23)cc1Cl. The highest BCUT2D eigenvalue weighted by Gasteiger charge is 2.16. The van der Waals surface area contributed by atoms with Gasteiger partial charge in [-0.3, -0.25) is 4.98 Å². The molecule has 0 atom stereocenters. The zero-order chi connectivity index (χ0) is 20.5. The summed E-state index contributed by atoms with van der Waals surface area (Å²) in [6, 6.07) is 15.6. The lowest BCUT2D eigenvalue weighted by Gasteiger charge is -2.19. The Balaban J connectivity index is 1.64. The molecule has 0 saturated carbocycles. The minimum absolute atomic E-state index is 0.491. The molecule has 0 aliphatic carbocycles. The summed E-state index contributed by atoms with van der Waals surface area (Å²) in [5.41, 5.74) is 3.73. The molecule has 5 rings (SSSR count). The van der Waals surface area contributed by atoms with E-state index in [-0.39, 0.29) is 0 Å². The third kappa shape index (κ3) is 3.78. The summed E-state index contributed by atoms with van der Waals surface area (Å²) < 4.78 is 0. The Morgan fingerprint density at radius 3 is 2.53 bits per heavy atom. The first-order valence-electron chi connectivity index (χ1n) is 9.86. The first-order valence-corrected chi connectivity index (χ1v) is 10.6. The Bertz CT molecular complexity index is 1210. The van der Waals surface area contributed by atoms with Gasteiger partial charge in [0.05, 0.1) is 15.6 Å². The van der Waals surface area contributed by atoms with Crippen LogP contribution in [0.3, 0.4) is 0 Å². The molecule has 1 saturated heterocycles. The molecule has 30 heavy (non-hydrogen) atoms. The fourth-order valence-corrected chi connectivity index (χ4v) is 4.02. The number of nitrogens with zero attached hydrogens (tertiary/aromatic N) is 4. The van der Waals surface area contributed by atoms with E-state index in [9.17, 15) is 0 Å². The van der Waals surface area contributed by atoms with E-state index in [0.29, 0.717) is 15.9 Å². The number of fused-ring (bicyclic) bond motifs is 1. The van der Waals surface area contributed by atoms with Crippen molar-refractivity contribution >= 4 is 51.3 Å². The second kappa shape index (κ2) is 8.09. The molecule has 1 aliphatic heterocycles. The number of benzene rings is 2. The van der Waals surface area contributed by atoms with Crippen LogP contribution in [0.1, 0.15) is 12.8 Å². The first kappa shape index (κ1) is 19.1. The van der Waals surface area contributed by atoms with Crippen LogP contribution in [-0.2, 0) is 0 Å². The molecule has 1 aliphatic rings. The highest BCUT2D eigenvalue weighted by atomic mass is 35.5. The molecule has 1 fully saturated rings. The minimum atomic E-state index is 0.491. The Morgan fingerprint density at radius 2 is 1.77 bits per heavy atom. The number of hydrogen-bond donors (Lipinski definition) is 1. The van der Waals surface area contributed by atoms with E-state index in [4.69, 9.17) is 33.2 Å². The maximum atomic E-state index is 6.22. The summed E-state index contributed by atoms with van der Waals surface area (Å²) in [6.07, 6.45) is 5.95. The van der Waals surface area contributed by atoms with Crippen LogP contribution in [0.5, 0.6) is 0 Å². The van der Waals surface area contributed by atoms with Crippen molar-refractivity contribution in [1.82, 2.24) is 15.0 Å². The molecule has 0 amide bonds. The lowest BCUT2D eigenvalue weighted by molar-refractivity contribution is 0.949. The summed E-state index contributed by atoms with van der Waals surface area (Å²) in [6.45, 7) is 2.16. The van der Waals surface area contributed by atoms with Gasteiger partial charge in [-0.05, 0) is 61.4 Å². The van der Waals surface area contributed by atoms with Crippen molar-refractivity contribution in [2.45, 2.75) is 12.8 Å². The van der Waals surface area contributed by atoms with Gasteiger partial charge in [0.1, 0.15) is 5.82 Å². The molecular formula is C23H19Cl2N5. The second-order valence-electron chi connectivity index (χ2n) is 7.29. The van der Waals surface area contributed by atoms with E-state index >= 15 is 0 Å². The number of nitrogens with one attached hydrogen (secondary N) is 1. The molecule has 0 bridgehead atoms. The molecule has 0 unspecified atom stereocenters. The van der Waals surface area contributed by atoms with Gasteiger partial charge in [0, 0.05) is 47.8 Å². The Labute approximate surface area is 184 Å². The zero-order valence-corrected chi connectivity index (χ0v) is 17.7. The van der Waals surface area contributed by atoms with Gasteiger partial charge in [-0.1, -0.05) is 23.2 Å². The summed E-state index contributed by atoms with van der Waals surface area (Å²) in [4.78, 5) is 16.2. The fourth-order valence-electron chi connectivity index (χ4n) is 3.72. The van der Waals surface area contributed by atoms with Gasteiger partial charge < -0.3 is 10.2 Å². The zero-order valence-electron chi connectivity index (χ0n) is 16.1. The summed E-state index contributed by atoms with van der Waals surface area (Å²) >= 11 is 12.3. The molecule has 0 radical (unpaired) electrons. The predicted molar refractivity (Wildman–Crippen MR) is 124 cm³/mol. The predicted octanol–water partition coefficient (Wildman–Crippen LogP) is 6.34. The molecule has 150 valence electrons. The van der Waals surface area contributed by atoms with Gasteiger partial charge in [-0.15, -0.1) is 0 Å². The highest BCUT2D eigenvalue weighted by molar-refractivity contribution is 6.42. The first-order chi connectivity index (χ1) is 14.7.